The van der Waals surface area contributed by atoms with E-state index in [1.54, 1.807) is 26.2 Å². The molecule has 164 valence electrons. The largest absolute Gasteiger partial charge is 0.493 e. The molecule has 1 saturated heterocycles. The number of piperidine rings is 1. The highest BCUT2D eigenvalue weighted by Gasteiger charge is 2.33. The number of halogens is 1. The molecule has 2 aromatic carbocycles. The first-order valence-electron chi connectivity index (χ1n) is 10.2. The van der Waals surface area contributed by atoms with Gasteiger partial charge < -0.3 is 4.74 Å². The van der Waals surface area contributed by atoms with E-state index in [1.807, 2.05) is 23.2 Å². The Labute approximate surface area is 185 Å². The molecule has 0 saturated carbocycles. The lowest BCUT2D eigenvalue weighted by Gasteiger charge is -2.39. The van der Waals surface area contributed by atoms with Crippen molar-refractivity contribution in [2.45, 2.75) is 36.6 Å². The van der Waals surface area contributed by atoms with Crippen LogP contribution in [0.1, 0.15) is 35.6 Å². The van der Waals surface area contributed by atoms with Crippen LogP contribution in [-0.4, -0.2) is 45.0 Å². The van der Waals surface area contributed by atoms with E-state index in [4.69, 9.17) is 10.6 Å². The van der Waals surface area contributed by atoms with Crippen molar-refractivity contribution in [1.82, 2.24) is 9.31 Å². The highest BCUT2D eigenvalue weighted by atomic mass is 35.5. The molecule has 0 aromatic heterocycles. The van der Waals surface area contributed by atoms with Crippen molar-refractivity contribution < 1.29 is 13.2 Å². The van der Waals surface area contributed by atoms with Crippen molar-refractivity contribution in [2.75, 3.05) is 27.2 Å². The molecule has 30 heavy (non-hydrogen) atoms. The molecule has 0 unspecified atom stereocenters. The van der Waals surface area contributed by atoms with Gasteiger partial charge in [-0.2, -0.15) is 0 Å². The van der Waals surface area contributed by atoms with Gasteiger partial charge in [-0.15, -0.1) is 12.4 Å². The Morgan fingerprint density at radius 1 is 1.20 bits per heavy atom. The van der Waals surface area contributed by atoms with Gasteiger partial charge in [-0.05, 0) is 54.0 Å². The molecule has 0 spiro atoms. The van der Waals surface area contributed by atoms with Gasteiger partial charge in [0.25, 0.3) is 0 Å². The summed E-state index contributed by atoms with van der Waals surface area (Å²) in [5.41, 5.74) is 3.16. The van der Waals surface area contributed by atoms with Crippen molar-refractivity contribution in [3.8, 4) is 5.75 Å². The van der Waals surface area contributed by atoms with Crippen LogP contribution in [0.2, 0.25) is 0 Å². The number of nitrogens with zero attached hydrogens (tertiary/aromatic N) is 2. The molecule has 0 radical (unpaired) electrons. The second kappa shape index (κ2) is 9.24. The van der Waals surface area contributed by atoms with Crippen molar-refractivity contribution >= 4 is 22.4 Å². The zero-order valence-electron chi connectivity index (χ0n) is 17.5. The first-order valence-corrected chi connectivity index (χ1v) is 11.6. The molecule has 2 atom stereocenters. The number of hydrogen-bond donors (Lipinski definition) is 1. The maximum atomic E-state index is 12.8. The van der Waals surface area contributed by atoms with E-state index in [0.717, 1.165) is 49.1 Å². The van der Waals surface area contributed by atoms with Gasteiger partial charge in [0.1, 0.15) is 5.75 Å². The van der Waals surface area contributed by atoms with Crippen LogP contribution in [0, 0.1) is 5.92 Å². The van der Waals surface area contributed by atoms with Crippen LogP contribution in [-0.2, 0) is 22.9 Å². The summed E-state index contributed by atoms with van der Waals surface area (Å²) in [5, 5.41) is 1.94. The molecule has 6 nitrogen and oxygen atoms in total. The first-order chi connectivity index (χ1) is 13.9. The fourth-order valence-corrected chi connectivity index (χ4v) is 5.59. The van der Waals surface area contributed by atoms with E-state index in [-0.39, 0.29) is 18.4 Å². The van der Waals surface area contributed by atoms with Crippen molar-refractivity contribution in [3.05, 3.63) is 59.2 Å². The first kappa shape index (κ1) is 23.0. The molecule has 2 N–H and O–H groups in total. The molecule has 2 aliphatic rings. The lowest BCUT2D eigenvalue weighted by Crippen LogP contribution is -2.44. The van der Waals surface area contributed by atoms with Gasteiger partial charge in [0.15, 0.2) is 0 Å². The summed E-state index contributed by atoms with van der Waals surface area (Å²) in [6, 6.07) is 14.0. The van der Waals surface area contributed by atoms with Gasteiger partial charge in [-0.3, -0.25) is 5.84 Å². The number of sulfonamides is 1. The lowest BCUT2D eigenvalue weighted by atomic mass is 9.81. The van der Waals surface area contributed by atoms with Gasteiger partial charge in [0.2, 0.25) is 10.0 Å². The maximum Gasteiger partial charge on any atom is 0.242 e. The van der Waals surface area contributed by atoms with E-state index >= 15 is 0 Å². The fourth-order valence-electron chi connectivity index (χ4n) is 4.58. The molecular weight excluding hydrogens is 422 g/mol. The Hall–Kier alpha value is -1.64. The van der Waals surface area contributed by atoms with Crippen LogP contribution in [0.5, 0.6) is 5.75 Å². The average Bonchev–Trinajstić information content (AvgIpc) is 3.18. The monoisotopic (exact) mass is 451 g/mol. The molecular formula is C22H30ClN3O3S. The molecule has 2 heterocycles. The van der Waals surface area contributed by atoms with Gasteiger partial charge in [-0.25, -0.2) is 17.7 Å². The van der Waals surface area contributed by atoms with E-state index in [0.29, 0.717) is 17.4 Å². The van der Waals surface area contributed by atoms with Gasteiger partial charge in [0, 0.05) is 27.1 Å². The third kappa shape index (κ3) is 4.36. The molecule has 0 bridgehead atoms. The minimum atomic E-state index is -3.50. The molecule has 0 amide bonds. The predicted octanol–water partition coefficient (Wildman–Crippen LogP) is 3.16. The second-order valence-corrected chi connectivity index (χ2v) is 10.3. The third-order valence-electron chi connectivity index (χ3n) is 6.03. The number of rotatable bonds is 5. The zero-order chi connectivity index (χ0) is 20.6. The molecule has 4 rings (SSSR count). The highest BCUT2D eigenvalue weighted by Crippen LogP contribution is 2.40. The minimum Gasteiger partial charge on any atom is -0.493 e. The summed E-state index contributed by atoms with van der Waals surface area (Å²) in [4.78, 5) is 0.346. The van der Waals surface area contributed by atoms with Crippen LogP contribution >= 0.6 is 12.4 Å². The number of ether oxygens (including phenoxy) is 1. The smallest absolute Gasteiger partial charge is 0.242 e. The normalized spacial score (nSPS) is 21.7. The van der Waals surface area contributed by atoms with E-state index in [1.165, 1.54) is 9.87 Å². The Kier molecular flexibility index (Phi) is 7.09. The van der Waals surface area contributed by atoms with Crippen LogP contribution in [0.3, 0.4) is 0 Å². The quantitative estimate of drug-likeness (QED) is 0.706. The Balaban J connectivity index is 0.00000256. The molecule has 8 heteroatoms. The molecule has 2 aromatic rings. The topological polar surface area (TPSA) is 75.9 Å². The lowest BCUT2D eigenvalue weighted by molar-refractivity contribution is 0.0922. The van der Waals surface area contributed by atoms with Crippen LogP contribution < -0.4 is 10.6 Å². The van der Waals surface area contributed by atoms with Gasteiger partial charge in [-0.1, -0.05) is 30.3 Å². The van der Waals surface area contributed by atoms with Crippen LogP contribution in [0.25, 0.3) is 0 Å². The second-order valence-electron chi connectivity index (χ2n) is 8.16. The molecule has 0 aliphatic carbocycles. The summed E-state index contributed by atoms with van der Waals surface area (Å²) in [6.45, 7) is 1.46. The fraction of sp³-hybridized carbons (Fsp3) is 0.455. The van der Waals surface area contributed by atoms with Gasteiger partial charge in [0.05, 0.1) is 17.5 Å². The van der Waals surface area contributed by atoms with E-state index in [2.05, 4.69) is 12.1 Å². The SMILES string of the molecule is CN(C)S(=O)(=O)c1cc2c(c(C[C@@H]3CCCN(N)[C@@H]3c3ccccc3)c1)OCC2.Cl. The van der Waals surface area contributed by atoms with Crippen LogP contribution in [0.4, 0.5) is 0 Å². The van der Waals surface area contributed by atoms with E-state index in [9.17, 15) is 8.42 Å². The molecule has 2 aliphatic heterocycles. The van der Waals surface area contributed by atoms with Gasteiger partial charge >= 0.3 is 0 Å². The summed E-state index contributed by atoms with van der Waals surface area (Å²) < 4.78 is 32.7. The molecule has 1 fully saturated rings. The van der Waals surface area contributed by atoms with Crippen molar-refractivity contribution in [3.63, 3.8) is 0 Å². The summed E-state index contributed by atoms with van der Waals surface area (Å²) in [7, 11) is -0.361. The number of hydrazine groups is 1. The number of hydrogen-bond acceptors (Lipinski definition) is 5. The number of nitrogens with two attached hydrogens (primary N) is 1. The van der Waals surface area contributed by atoms with Crippen molar-refractivity contribution in [2.24, 2.45) is 11.8 Å². The summed E-state index contributed by atoms with van der Waals surface area (Å²) in [6.07, 6.45) is 3.57. The summed E-state index contributed by atoms with van der Waals surface area (Å²) >= 11 is 0. The standard InChI is InChI=1S/C22H29N3O3S.ClH/c1-24(2)29(26,27)20-14-18-10-12-28-22(18)19(15-20)13-17-9-6-11-25(23)21(17)16-7-4-3-5-8-16;/h3-5,7-8,14-15,17,21H,6,9-13,23H2,1-2H3;1H/t17-,21+;/m0./s1. The zero-order valence-corrected chi connectivity index (χ0v) is 19.1. The Morgan fingerprint density at radius 2 is 1.93 bits per heavy atom. The van der Waals surface area contributed by atoms with Crippen LogP contribution in [0.15, 0.2) is 47.4 Å². The van der Waals surface area contributed by atoms with E-state index < -0.39 is 10.0 Å². The number of fused-ring (bicyclic) bond motifs is 1. The van der Waals surface area contributed by atoms with Crippen molar-refractivity contribution in [1.29, 1.82) is 0 Å². The highest BCUT2D eigenvalue weighted by molar-refractivity contribution is 7.89. The predicted molar refractivity (Wildman–Crippen MR) is 120 cm³/mol. The Morgan fingerprint density at radius 3 is 2.63 bits per heavy atom. The Bertz CT molecular complexity index is 983. The average molecular weight is 452 g/mol. The third-order valence-corrected chi connectivity index (χ3v) is 7.82. The summed E-state index contributed by atoms with van der Waals surface area (Å²) in [5.74, 6) is 7.56. The number of benzene rings is 2. The maximum absolute atomic E-state index is 12.8. The minimum absolute atomic E-state index is 0.